The van der Waals surface area contributed by atoms with Gasteiger partial charge in [0.15, 0.2) is 0 Å². The van der Waals surface area contributed by atoms with Crippen LogP contribution in [-0.4, -0.2) is 14.8 Å². The van der Waals surface area contributed by atoms with Crippen LogP contribution in [0, 0.1) is 6.92 Å². The average molecular weight is 269 g/mol. The summed E-state index contributed by atoms with van der Waals surface area (Å²) in [6, 6.07) is 3.74. The quantitative estimate of drug-likeness (QED) is 0.870. The fraction of sp³-hybridized carbons (Fsp3) is 0.273. The normalized spacial score (nSPS) is 10.8. The summed E-state index contributed by atoms with van der Waals surface area (Å²) < 4.78 is 1.81. The number of rotatable bonds is 3. The second kappa shape index (κ2) is 4.98. The molecule has 0 amide bonds. The molecule has 0 aliphatic carbocycles. The maximum absolute atomic E-state index is 6.17. The number of halogens is 1. The van der Waals surface area contributed by atoms with Crippen LogP contribution in [0.25, 0.3) is 0 Å². The van der Waals surface area contributed by atoms with Crippen molar-refractivity contribution in [3.63, 3.8) is 0 Å². The molecule has 0 unspecified atom stereocenters. The van der Waals surface area contributed by atoms with E-state index >= 15 is 0 Å². The average Bonchev–Trinajstić information content (AvgIpc) is 2.54. The Morgan fingerprint density at radius 1 is 1.47 bits per heavy atom. The molecule has 0 fully saturated rings. The first-order chi connectivity index (χ1) is 8.08. The summed E-state index contributed by atoms with van der Waals surface area (Å²) in [5.41, 5.74) is 7.41. The molecule has 2 aromatic rings. The smallest absolute Gasteiger partial charge is 0.123 e. The summed E-state index contributed by atoms with van der Waals surface area (Å²) in [5, 5.41) is 5.01. The minimum atomic E-state index is 0.531. The van der Waals surface area contributed by atoms with Gasteiger partial charge in [0.1, 0.15) is 5.82 Å². The summed E-state index contributed by atoms with van der Waals surface area (Å²) in [6.45, 7) is 1.90. The highest BCUT2D eigenvalue weighted by molar-refractivity contribution is 7.98. The lowest BCUT2D eigenvalue weighted by molar-refractivity contribution is 0.727. The number of nitrogens with two attached hydrogens (primary N) is 1. The van der Waals surface area contributed by atoms with Crippen LogP contribution in [0.3, 0.4) is 0 Å². The van der Waals surface area contributed by atoms with Crippen molar-refractivity contribution in [3.8, 4) is 0 Å². The summed E-state index contributed by atoms with van der Waals surface area (Å²) in [5.74, 6) is 1.30. The fourth-order valence-corrected chi connectivity index (χ4v) is 2.70. The van der Waals surface area contributed by atoms with Gasteiger partial charge in [-0.05, 0) is 19.1 Å². The molecule has 6 heteroatoms. The van der Waals surface area contributed by atoms with Crippen LogP contribution in [-0.2, 0) is 12.8 Å². The molecule has 2 rings (SSSR count). The number of aryl methyl sites for hydroxylation is 2. The van der Waals surface area contributed by atoms with E-state index in [4.69, 9.17) is 17.3 Å². The predicted octanol–water partition coefficient (Wildman–Crippen LogP) is 2.65. The molecule has 0 atom stereocenters. The SMILES string of the molecule is Cc1nn(C)c(CSc2ccc(N)nc2)c1Cl. The van der Waals surface area contributed by atoms with Gasteiger partial charge < -0.3 is 5.73 Å². The number of nitrogen functional groups attached to an aromatic ring is 1. The molecule has 0 aliphatic rings. The first-order valence-corrected chi connectivity index (χ1v) is 6.46. The Kier molecular flexibility index (Phi) is 3.59. The summed E-state index contributed by atoms with van der Waals surface area (Å²) in [7, 11) is 1.90. The van der Waals surface area contributed by atoms with Gasteiger partial charge in [-0.25, -0.2) is 4.98 Å². The topological polar surface area (TPSA) is 56.7 Å². The minimum absolute atomic E-state index is 0.531. The van der Waals surface area contributed by atoms with E-state index in [9.17, 15) is 0 Å². The lowest BCUT2D eigenvalue weighted by atomic mass is 10.4. The lowest BCUT2D eigenvalue weighted by Crippen LogP contribution is -1.96. The molecule has 0 bridgehead atoms. The van der Waals surface area contributed by atoms with E-state index in [1.165, 1.54) is 0 Å². The molecule has 0 saturated heterocycles. The fourth-order valence-electron chi connectivity index (χ4n) is 1.47. The Morgan fingerprint density at radius 3 is 2.76 bits per heavy atom. The van der Waals surface area contributed by atoms with Crippen molar-refractivity contribution in [3.05, 3.63) is 34.7 Å². The minimum Gasteiger partial charge on any atom is -0.384 e. The molecule has 0 spiro atoms. The molecular weight excluding hydrogens is 256 g/mol. The Labute approximate surface area is 109 Å². The van der Waals surface area contributed by atoms with Crippen LogP contribution in [0.5, 0.6) is 0 Å². The van der Waals surface area contributed by atoms with Crippen molar-refractivity contribution >= 4 is 29.2 Å². The predicted molar refractivity (Wildman–Crippen MR) is 71.2 cm³/mol. The zero-order valence-corrected chi connectivity index (χ0v) is 11.2. The molecule has 90 valence electrons. The third-order valence-electron chi connectivity index (χ3n) is 2.40. The first kappa shape index (κ1) is 12.3. The molecule has 2 aromatic heterocycles. The number of thioether (sulfide) groups is 1. The molecular formula is C11H13ClN4S. The Balaban J connectivity index is 2.09. The maximum Gasteiger partial charge on any atom is 0.123 e. The van der Waals surface area contributed by atoms with E-state index in [2.05, 4.69) is 10.1 Å². The van der Waals surface area contributed by atoms with Gasteiger partial charge in [0.05, 0.1) is 16.4 Å². The third-order valence-corrected chi connectivity index (χ3v) is 3.88. The van der Waals surface area contributed by atoms with E-state index < -0.39 is 0 Å². The molecule has 0 aliphatic heterocycles. The van der Waals surface area contributed by atoms with Crippen LogP contribution in [0.15, 0.2) is 23.2 Å². The molecule has 2 heterocycles. The molecule has 0 saturated carbocycles. The number of aromatic nitrogens is 3. The maximum atomic E-state index is 6.17. The molecule has 0 aromatic carbocycles. The van der Waals surface area contributed by atoms with Crippen LogP contribution >= 0.6 is 23.4 Å². The number of pyridine rings is 1. The van der Waals surface area contributed by atoms with Crippen molar-refractivity contribution in [2.24, 2.45) is 7.05 Å². The Bertz CT molecular complexity index is 521. The van der Waals surface area contributed by atoms with Gasteiger partial charge in [0.25, 0.3) is 0 Å². The van der Waals surface area contributed by atoms with Gasteiger partial charge in [-0.2, -0.15) is 5.10 Å². The van der Waals surface area contributed by atoms with Gasteiger partial charge in [0.2, 0.25) is 0 Å². The second-order valence-corrected chi connectivity index (χ2v) is 5.10. The summed E-state index contributed by atoms with van der Waals surface area (Å²) >= 11 is 7.83. The Morgan fingerprint density at radius 2 is 2.24 bits per heavy atom. The van der Waals surface area contributed by atoms with E-state index in [-0.39, 0.29) is 0 Å². The zero-order chi connectivity index (χ0) is 12.4. The summed E-state index contributed by atoms with van der Waals surface area (Å²) in [6.07, 6.45) is 1.76. The number of nitrogens with zero attached hydrogens (tertiary/aromatic N) is 3. The van der Waals surface area contributed by atoms with Gasteiger partial charge in [0, 0.05) is 23.9 Å². The second-order valence-electron chi connectivity index (χ2n) is 3.68. The Hall–Kier alpha value is -1.20. The highest BCUT2D eigenvalue weighted by atomic mass is 35.5. The highest BCUT2D eigenvalue weighted by Gasteiger charge is 2.11. The van der Waals surface area contributed by atoms with E-state index in [0.29, 0.717) is 5.82 Å². The standard InChI is InChI=1S/C11H13ClN4S/c1-7-11(12)9(16(2)15-7)6-17-8-3-4-10(13)14-5-8/h3-5H,6H2,1-2H3,(H2,13,14). The van der Waals surface area contributed by atoms with Gasteiger partial charge in [-0.15, -0.1) is 11.8 Å². The van der Waals surface area contributed by atoms with Crippen molar-refractivity contribution in [2.75, 3.05) is 5.73 Å². The largest absolute Gasteiger partial charge is 0.384 e. The zero-order valence-electron chi connectivity index (χ0n) is 9.64. The number of hydrogen-bond donors (Lipinski definition) is 1. The van der Waals surface area contributed by atoms with Gasteiger partial charge in [-0.3, -0.25) is 4.68 Å². The first-order valence-electron chi connectivity index (χ1n) is 5.10. The van der Waals surface area contributed by atoms with E-state index in [1.54, 1.807) is 24.0 Å². The van der Waals surface area contributed by atoms with Crippen LogP contribution in [0.1, 0.15) is 11.4 Å². The molecule has 4 nitrogen and oxygen atoms in total. The highest BCUT2D eigenvalue weighted by Crippen LogP contribution is 2.27. The van der Waals surface area contributed by atoms with E-state index in [1.807, 2.05) is 24.7 Å². The molecule has 0 radical (unpaired) electrons. The van der Waals surface area contributed by atoms with Crippen molar-refractivity contribution in [1.29, 1.82) is 0 Å². The molecule has 17 heavy (non-hydrogen) atoms. The van der Waals surface area contributed by atoms with Crippen LogP contribution in [0.2, 0.25) is 5.02 Å². The van der Waals surface area contributed by atoms with Gasteiger partial charge in [-0.1, -0.05) is 11.6 Å². The van der Waals surface area contributed by atoms with Crippen molar-refractivity contribution < 1.29 is 0 Å². The third kappa shape index (κ3) is 2.73. The van der Waals surface area contributed by atoms with Crippen molar-refractivity contribution in [1.82, 2.24) is 14.8 Å². The number of anilines is 1. The lowest BCUT2D eigenvalue weighted by Gasteiger charge is -2.03. The summed E-state index contributed by atoms with van der Waals surface area (Å²) in [4.78, 5) is 5.11. The van der Waals surface area contributed by atoms with Crippen LogP contribution in [0.4, 0.5) is 5.82 Å². The number of hydrogen-bond acceptors (Lipinski definition) is 4. The van der Waals surface area contributed by atoms with E-state index in [0.717, 1.165) is 27.1 Å². The van der Waals surface area contributed by atoms with Gasteiger partial charge >= 0.3 is 0 Å². The molecule has 2 N–H and O–H groups in total. The monoisotopic (exact) mass is 268 g/mol. The van der Waals surface area contributed by atoms with Crippen LogP contribution < -0.4 is 5.73 Å². The van der Waals surface area contributed by atoms with Crippen molar-refractivity contribution in [2.45, 2.75) is 17.6 Å².